The smallest absolute Gasteiger partial charge is 0.253 e. The van der Waals surface area contributed by atoms with Gasteiger partial charge in [-0.2, -0.15) is 13.2 Å². The summed E-state index contributed by atoms with van der Waals surface area (Å²) in [5.74, 6) is -0.103. The van der Waals surface area contributed by atoms with Crippen molar-refractivity contribution in [2.75, 3.05) is 5.75 Å². The fourth-order valence-corrected chi connectivity index (χ4v) is 3.26. The molecule has 0 unspecified atom stereocenters. The molecule has 2 rings (SSSR count). The van der Waals surface area contributed by atoms with Crippen LogP contribution in [0.2, 0.25) is 0 Å². The Morgan fingerprint density at radius 1 is 1.18 bits per heavy atom. The lowest BCUT2D eigenvalue weighted by molar-refractivity contribution is -0.0328. The molecular weight excluding hydrogens is 337 g/mol. The Morgan fingerprint density at radius 3 is 2.45 bits per heavy atom. The van der Waals surface area contributed by atoms with Gasteiger partial charge in [0.1, 0.15) is 5.69 Å². The Labute approximate surface area is 129 Å². The first-order valence-corrected chi connectivity index (χ1v) is 8.60. The molecule has 0 aromatic carbocycles. The van der Waals surface area contributed by atoms with Crippen molar-refractivity contribution in [1.29, 1.82) is 0 Å². The summed E-state index contributed by atoms with van der Waals surface area (Å²) in [5, 5.41) is 0. The third kappa shape index (κ3) is 3.98. The minimum absolute atomic E-state index is 0.0150. The van der Waals surface area contributed by atoms with E-state index in [4.69, 9.17) is 0 Å². The molecule has 0 radical (unpaired) electrons. The summed E-state index contributed by atoms with van der Waals surface area (Å²) in [7, 11) is -3.50. The highest BCUT2D eigenvalue weighted by atomic mass is 32.2. The Kier molecular flexibility index (Phi) is 4.76. The zero-order valence-electron chi connectivity index (χ0n) is 11.3. The van der Waals surface area contributed by atoms with E-state index < -0.39 is 15.3 Å². The molecule has 22 heavy (non-hydrogen) atoms. The lowest BCUT2D eigenvalue weighted by Gasteiger charge is -2.09. The first kappa shape index (κ1) is 16.8. The summed E-state index contributed by atoms with van der Waals surface area (Å²) < 4.78 is 60.9. The quantitative estimate of drug-likeness (QED) is 0.791. The zero-order chi connectivity index (χ0) is 16.4. The molecule has 0 saturated carbocycles. The molecule has 0 N–H and O–H groups in total. The van der Waals surface area contributed by atoms with Gasteiger partial charge in [-0.15, -0.1) is 0 Å². The van der Waals surface area contributed by atoms with Gasteiger partial charge in [-0.1, -0.05) is 6.92 Å². The van der Waals surface area contributed by atoms with E-state index >= 15 is 0 Å². The summed E-state index contributed by atoms with van der Waals surface area (Å²) >= 11 is -0.282. The van der Waals surface area contributed by atoms with Gasteiger partial charge in [-0.05, 0) is 36.0 Å². The molecule has 0 bridgehead atoms. The summed E-state index contributed by atoms with van der Waals surface area (Å²) in [6.45, 7) is 1.50. The minimum atomic E-state index is -4.40. The van der Waals surface area contributed by atoms with Crippen LogP contribution in [0.4, 0.5) is 13.2 Å². The second kappa shape index (κ2) is 6.25. The third-order valence-corrected chi connectivity index (χ3v) is 5.17. The van der Waals surface area contributed by atoms with Crippen molar-refractivity contribution in [1.82, 2.24) is 9.97 Å². The van der Waals surface area contributed by atoms with Crippen molar-refractivity contribution in [2.24, 2.45) is 0 Å². The van der Waals surface area contributed by atoms with Gasteiger partial charge in [-0.25, -0.2) is 8.42 Å². The van der Waals surface area contributed by atoms with E-state index in [0.717, 1.165) is 6.20 Å². The maximum absolute atomic E-state index is 12.3. The monoisotopic (exact) mass is 348 g/mol. The summed E-state index contributed by atoms with van der Waals surface area (Å²) in [6, 6.07) is 5.45. The van der Waals surface area contributed by atoms with Gasteiger partial charge >= 0.3 is 5.51 Å². The Bertz CT molecular complexity index is 760. The predicted molar refractivity (Wildman–Crippen MR) is 77.1 cm³/mol. The topological polar surface area (TPSA) is 59.9 Å². The van der Waals surface area contributed by atoms with E-state index in [1.165, 1.54) is 37.4 Å². The Hall–Kier alpha value is -1.61. The number of hydrogen-bond acceptors (Lipinski definition) is 5. The number of rotatable bonds is 4. The van der Waals surface area contributed by atoms with E-state index in [2.05, 4.69) is 9.97 Å². The second-order valence-corrected chi connectivity index (χ2v) is 7.57. The molecule has 2 aromatic heterocycles. The molecule has 0 aliphatic carbocycles. The number of nitrogens with zero attached hydrogens (tertiary/aromatic N) is 2. The molecule has 118 valence electrons. The summed E-state index contributed by atoms with van der Waals surface area (Å²) in [5.41, 5.74) is -4.06. The highest BCUT2D eigenvalue weighted by Gasteiger charge is 2.29. The number of pyridine rings is 2. The average Bonchev–Trinajstić information content (AvgIpc) is 2.46. The largest absolute Gasteiger partial charge is 0.446 e. The fourth-order valence-electron chi connectivity index (χ4n) is 1.70. The molecule has 0 aliphatic rings. The summed E-state index contributed by atoms with van der Waals surface area (Å²) in [6.07, 6.45) is 2.45. The molecule has 0 fully saturated rings. The molecule has 9 heteroatoms. The summed E-state index contributed by atoms with van der Waals surface area (Å²) in [4.78, 5) is 7.83. The van der Waals surface area contributed by atoms with Crippen LogP contribution in [0.3, 0.4) is 0 Å². The van der Waals surface area contributed by atoms with Crippen molar-refractivity contribution < 1.29 is 21.6 Å². The van der Waals surface area contributed by atoms with Crippen LogP contribution < -0.4 is 0 Å². The molecule has 0 spiro atoms. The van der Waals surface area contributed by atoms with Gasteiger partial charge in [0.15, 0.2) is 9.84 Å². The number of hydrogen-bond donors (Lipinski definition) is 0. The van der Waals surface area contributed by atoms with Crippen LogP contribution in [0.25, 0.3) is 11.4 Å². The van der Waals surface area contributed by atoms with E-state index in [1.54, 1.807) is 0 Å². The standard InChI is InChI=1S/C13H11F3N2O2S2/c1-2-22(19,20)11-4-3-7-17-12(11)10-6-5-9(8-18-10)21-13(14,15)16/h3-8H,2H2,1H3. The molecule has 0 saturated heterocycles. The van der Waals surface area contributed by atoms with Gasteiger partial charge < -0.3 is 0 Å². The number of alkyl halides is 3. The van der Waals surface area contributed by atoms with Crippen LogP contribution in [0.15, 0.2) is 46.5 Å². The van der Waals surface area contributed by atoms with Gasteiger partial charge in [0.25, 0.3) is 0 Å². The van der Waals surface area contributed by atoms with E-state index in [9.17, 15) is 21.6 Å². The Balaban J connectivity index is 2.42. The zero-order valence-corrected chi connectivity index (χ0v) is 13.0. The van der Waals surface area contributed by atoms with Crippen molar-refractivity contribution in [3.8, 4) is 11.4 Å². The number of aromatic nitrogens is 2. The first-order valence-electron chi connectivity index (χ1n) is 6.13. The van der Waals surface area contributed by atoms with Gasteiger partial charge in [0, 0.05) is 17.3 Å². The molecule has 4 nitrogen and oxygen atoms in total. The van der Waals surface area contributed by atoms with Crippen molar-refractivity contribution in [3.05, 3.63) is 36.7 Å². The molecule has 2 heterocycles. The van der Waals surface area contributed by atoms with Crippen molar-refractivity contribution in [3.63, 3.8) is 0 Å². The van der Waals surface area contributed by atoms with Crippen LogP contribution in [0, 0.1) is 0 Å². The number of sulfone groups is 1. The SMILES string of the molecule is CCS(=O)(=O)c1cccnc1-c1ccc(SC(F)(F)F)cn1. The van der Waals surface area contributed by atoms with Crippen LogP contribution in [-0.2, 0) is 9.84 Å². The fraction of sp³-hybridized carbons (Fsp3) is 0.231. The molecule has 2 aromatic rings. The lowest BCUT2D eigenvalue weighted by Crippen LogP contribution is -2.07. The molecule has 0 amide bonds. The van der Waals surface area contributed by atoms with Crippen LogP contribution in [0.5, 0.6) is 0 Å². The van der Waals surface area contributed by atoms with Crippen LogP contribution in [0.1, 0.15) is 6.92 Å². The first-order chi connectivity index (χ1) is 10.2. The number of halogens is 3. The maximum atomic E-state index is 12.3. The predicted octanol–water partition coefficient (Wildman–Crippen LogP) is 3.55. The van der Waals surface area contributed by atoms with Crippen molar-refractivity contribution >= 4 is 21.6 Å². The molecule has 0 aliphatic heterocycles. The van der Waals surface area contributed by atoms with Gasteiger partial charge in [-0.3, -0.25) is 9.97 Å². The van der Waals surface area contributed by atoms with Crippen LogP contribution in [-0.4, -0.2) is 29.6 Å². The highest BCUT2D eigenvalue weighted by molar-refractivity contribution is 8.00. The number of thioether (sulfide) groups is 1. The average molecular weight is 348 g/mol. The third-order valence-electron chi connectivity index (χ3n) is 2.70. The minimum Gasteiger partial charge on any atom is -0.253 e. The van der Waals surface area contributed by atoms with E-state index in [-0.39, 0.29) is 38.7 Å². The van der Waals surface area contributed by atoms with Gasteiger partial charge in [0.2, 0.25) is 0 Å². The van der Waals surface area contributed by atoms with Gasteiger partial charge in [0.05, 0.1) is 16.3 Å². The maximum Gasteiger partial charge on any atom is 0.446 e. The Morgan fingerprint density at radius 2 is 1.91 bits per heavy atom. The molecular formula is C13H11F3N2O2S2. The second-order valence-electron chi connectivity index (χ2n) is 4.18. The lowest BCUT2D eigenvalue weighted by atomic mass is 10.2. The van der Waals surface area contributed by atoms with E-state index in [0.29, 0.717) is 0 Å². The molecule has 0 atom stereocenters. The van der Waals surface area contributed by atoms with Crippen LogP contribution >= 0.6 is 11.8 Å². The highest BCUT2D eigenvalue weighted by Crippen LogP contribution is 2.37. The normalized spacial score (nSPS) is 12.4. The van der Waals surface area contributed by atoms with Crippen molar-refractivity contribution in [2.45, 2.75) is 22.2 Å². The van der Waals surface area contributed by atoms with E-state index in [1.807, 2.05) is 0 Å².